The van der Waals surface area contributed by atoms with Gasteiger partial charge in [0.2, 0.25) is 0 Å². The summed E-state index contributed by atoms with van der Waals surface area (Å²) in [5.74, 6) is -0.903. The lowest BCUT2D eigenvalue weighted by Gasteiger charge is -2.18. The van der Waals surface area contributed by atoms with E-state index in [0.717, 1.165) is 103 Å². The summed E-state index contributed by atoms with van der Waals surface area (Å²) in [6.45, 7) is 6.55. The fraction of sp³-hybridized carbons (Fsp3) is 0.772. The SMILES string of the molecule is CCCC/C=C\C/C=C\CCCCCCCC(=O)OC(COC(=O)CCCCCCCCCC)COC(=O)CCCCCCCCCC/C=C\C/C=C\C/C=C\CCCCCCC. The standard InChI is InChI=1S/C57H100O6/c1-4-7-10-13-16-19-21-23-25-26-27-28-29-30-31-32-33-35-36-38-41-44-47-50-56(59)62-53-54(52-61-55(58)49-46-43-40-18-15-12-9-6-3)63-57(60)51-48-45-42-39-37-34-24-22-20-17-14-11-8-5-2/h14,17,21-24,26-27,29-30,54H,4-13,15-16,18-20,25,28,31-53H2,1-3H3/b17-14-,23-21-,24-22-,27-26-,30-29-. The van der Waals surface area contributed by atoms with E-state index in [1.54, 1.807) is 0 Å². The fourth-order valence-electron chi connectivity index (χ4n) is 7.41. The summed E-state index contributed by atoms with van der Waals surface area (Å²) in [5.41, 5.74) is 0. The molecule has 0 aliphatic rings. The third-order valence-corrected chi connectivity index (χ3v) is 11.5. The van der Waals surface area contributed by atoms with Crippen LogP contribution in [0, 0.1) is 0 Å². The van der Waals surface area contributed by atoms with E-state index in [0.29, 0.717) is 19.3 Å². The highest BCUT2D eigenvalue weighted by Crippen LogP contribution is 2.14. The van der Waals surface area contributed by atoms with Gasteiger partial charge < -0.3 is 14.2 Å². The first-order chi connectivity index (χ1) is 31.0. The predicted molar refractivity (Wildman–Crippen MR) is 270 cm³/mol. The lowest BCUT2D eigenvalue weighted by atomic mass is 10.1. The molecule has 6 nitrogen and oxygen atoms in total. The minimum Gasteiger partial charge on any atom is -0.462 e. The van der Waals surface area contributed by atoms with Crippen molar-refractivity contribution in [3.05, 3.63) is 60.8 Å². The van der Waals surface area contributed by atoms with E-state index >= 15 is 0 Å². The summed E-state index contributed by atoms with van der Waals surface area (Å²) in [6.07, 6.45) is 63.6. The van der Waals surface area contributed by atoms with E-state index in [-0.39, 0.29) is 31.1 Å². The number of ether oxygens (including phenoxy) is 3. The van der Waals surface area contributed by atoms with E-state index in [2.05, 4.69) is 81.5 Å². The maximum absolute atomic E-state index is 12.8. The topological polar surface area (TPSA) is 78.9 Å². The van der Waals surface area contributed by atoms with Crippen LogP contribution < -0.4 is 0 Å². The summed E-state index contributed by atoms with van der Waals surface area (Å²) < 4.78 is 16.7. The molecule has 0 N–H and O–H groups in total. The van der Waals surface area contributed by atoms with Gasteiger partial charge in [-0.3, -0.25) is 14.4 Å². The zero-order chi connectivity index (χ0) is 45.8. The van der Waals surface area contributed by atoms with Crippen LogP contribution in [0.2, 0.25) is 0 Å². The van der Waals surface area contributed by atoms with Gasteiger partial charge in [-0.05, 0) is 83.5 Å². The highest BCUT2D eigenvalue weighted by molar-refractivity contribution is 5.71. The predicted octanol–water partition coefficient (Wildman–Crippen LogP) is 17.6. The Morgan fingerprint density at radius 1 is 0.317 bits per heavy atom. The zero-order valence-electron chi connectivity index (χ0n) is 41.6. The number of hydrogen-bond acceptors (Lipinski definition) is 6. The Bertz CT molecular complexity index is 1150. The van der Waals surface area contributed by atoms with Gasteiger partial charge in [-0.25, -0.2) is 0 Å². The molecule has 0 spiro atoms. The van der Waals surface area contributed by atoms with Gasteiger partial charge in [0.15, 0.2) is 6.10 Å². The highest BCUT2D eigenvalue weighted by Gasteiger charge is 2.19. The second kappa shape index (κ2) is 51.7. The molecular formula is C57H100O6. The van der Waals surface area contributed by atoms with Crippen LogP contribution in [0.1, 0.15) is 265 Å². The second-order valence-electron chi connectivity index (χ2n) is 17.8. The molecule has 0 heterocycles. The molecule has 0 radical (unpaired) electrons. The molecule has 364 valence electrons. The molecule has 0 aliphatic carbocycles. The molecule has 1 atom stereocenters. The monoisotopic (exact) mass is 881 g/mol. The van der Waals surface area contributed by atoms with E-state index < -0.39 is 6.10 Å². The fourth-order valence-corrected chi connectivity index (χ4v) is 7.41. The lowest BCUT2D eigenvalue weighted by Crippen LogP contribution is -2.30. The van der Waals surface area contributed by atoms with Gasteiger partial charge in [0.1, 0.15) is 13.2 Å². The van der Waals surface area contributed by atoms with Crippen molar-refractivity contribution in [1.29, 1.82) is 0 Å². The van der Waals surface area contributed by atoms with E-state index in [1.165, 1.54) is 122 Å². The molecule has 0 aromatic carbocycles. The maximum Gasteiger partial charge on any atom is 0.306 e. The van der Waals surface area contributed by atoms with Gasteiger partial charge in [-0.1, -0.05) is 223 Å². The van der Waals surface area contributed by atoms with E-state index in [1.807, 2.05) is 0 Å². The van der Waals surface area contributed by atoms with Gasteiger partial charge in [0.25, 0.3) is 0 Å². The van der Waals surface area contributed by atoms with Crippen molar-refractivity contribution in [2.24, 2.45) is 0 Å². The number of esters is 3. The molecular weight excluding hydrogens is 781 g/mol. The molecule has 63 heavy (non-hydrogen) atoms. The van der Waals surface area contributed by atoms with Crippen LogP contribution in [0.25, 0.3) is 0 Å². The van der Waals surface area contributed by atoms with Gasteiger partial charge >= 0.3 is 17.9 Å². The maximum atomic E-state index is 12.8. The molecule has 0 fully saturated rings. The van der Waals surface area contributed by atoms with Crippen molar-refractivity contribution in [1.82, 2.24) is 0 Å². The zero-order valence-corrected chi connectivity index (χ0v) is 41.6. The molecule has 0 saturated heterocycles. The highest BCUT2D eigenvalue weighted by atomic mass is 16.6. The largest absolute Gasteiger partial charge is 0.462 e. The third kappa shape index (κ3) is 50.0. The Hall–Kier alpha value is -2.89. The Morgan fingerprint density at radius 3 is 0.937 bits per heavy atom. The van der Waals surface area contributed by atoms with Crippen molar-refractivity contribution in [3.63, 3.8) is 0 Å². The first-order valence-corrected chi connectivity index (χ1v) is 26.8. The quantitative estimate of drug-likeness (QED) is 0.0262. The Morgan fingerprint density at radius 2 is 0.587 bits per heavy atom. The molecule has 6 heteroatoms. The number of carbonyl (C=O) groups excluding carboxylic acids is 3. The summed E-state index contributed by atoms with van der Waals surface area (Å²) >= 11 is 0. The molecule has 0 aliphatic heterocycles. The van der Waals surface area contributed by atoms with Gasteiger partial charge in [0, 0.05) is 19.3 Å². The summed E-state index contributed by atoms with van der Waals surface area (Å²) in [5, 5.41) is 0. The van der Waals surface area contributed by atoms with Crippen LogP contribution in [-0.2, 0) is 28.6 Å². The van der Waals surface area contributed by atoms with Crippen LogP contribution in [0.15, 0.2) is 60.8 Å². The summed E-state index contributed by atoms with van der Waals surface area (Å²) in [4.78, 5) is 37.9. The Labute approximate surface area is 390 Å². The molecule has 1 unspecified atom stereocenters. The van der Waals surface area contributed by atoms with Gasteiger partial charge in [0.05, 0.1) is 0 Å². The van der Waals surface area contributed by atoms with Crippen LogP contribution in [0.3, 0.4) is 0 Å². The van der Waals surface area contributed by atoms with Crippen molar-refractivity contribution in [3.8, 4) is 0 Å². The average molecular weight is 881 g/mol. The first kappa shape index (κ1) is 60.1. The minimum atomic E-state index is -0.781. The number of allylic oxidation sites excluding steroid dienone is 10. The van der Waals surface area contributed by atoms with Crippen molar-refractivity contribution < 1.29 is 28.6 Å². The smallest absolute Gasteiger partial charge is 0.306 e. The molecule has 0 bridgehead atoms. The van der Waals surface area contributed by atoms with Crippen LogP contribution in [-0.4, -0.2) is 37.2 Å². The molecule has 0 saturated carbocycles. The van der Waals surface area contributed by atoms with Crippen molar-refractivity contribution in [2.45, 2.75) is 271 Å². The summed E-state index contributed by atoms with van der Waals surface area (Å²) in [7, 11) is 0. The number of carbonyl (C=O) groups is 3. The third-order valence-electron chi connectivity index (χ3n) is 11.5. The summed E-state index contributed by atoms with van der Waals surface area (Å²) in [6, 6.07) is 0. The van der Waals surface area contributed by atoms with Crippen molar-refractivity contribution in [2.75, 3.05) is 13.2 Å². The molecule has 0 amide bonds. The number of hydrogen-bond donors (Lipinski definition) is 0. The van der Waals surface area contributed by atoms with Gasteiger partial charge in [-0.15, -0.1) is 0 Å². The lowest BCUT2D eigenvalue weighted by molar-refractivity contribution is -0.167. The van der Waals surface area contributed by atoms with Crippen LogP contribution >= 0.6 is 0 Å². The Balaban J connectivity index is 4.25. The van der Waals surface area contributed by atoms with E-state index in [4.69, 9.17) is 14.2 Å². The average Bonchev–Trinajstić information content (AvgIpc) is 3.28. The molecule has 0 aromatic heterocycles. The molecule has 0 aromatic rings. The number of rotatable bonds is 48. The molecule has 0 rings (SSSR count). The van der Waals surface area contributed by atoms with Gasteiger partial charge in [-0.2, -0.15) is 0 Å². The van der Waals surface area contributed by atoms with Crippen LogP contribution in [0.5, 0.6) is 0 Å². The number of unbranched alkanes of at least 4 members (excludes halogenated alkanes) is 27. The van der Waals surface area contributed by atoms with E-state index in [9.17, 15) is 14.4 Å². The first-order valence-electron chi connectivity index (χ1n) is 26.8. The van der Waals surface area contributed by atoms with Crippen LogP contribution in [0.4, 0.5) is 0 Å². The minimum absolute atomic E-state index is 0.0814. The van der Waals surface area contributed by atoms with Crippen molar-refractivity contribution >= 4 is 17.9 Å². The normalized spacial score (nSPS) is 12.5. The Kier molecular flexibility index (Phi) is 49.4. The second-order valence-corrected chi connectivity index (χ2v) is 17.8.